The molecule has 1 N–H and O–H groups in total. The molecule has 1 aromatic carbocycles. The number of nitriles is 1. The number of rotatable bonds is 11. The molecule has 2 aromatic heterocycles. The number of allylic oxidation sites excluding steroid dienone is 1. The van der Waals surface area contributed by atoms with E-state index < -0.39 is 15.6 Å². The molecule has 0 radical (unpaired) electrons. The predicted molar refractivity (Wildman–Crippen MR) is 164 cm³/mol. The monoisotopic (exact) mass is 630 g/mol. The van der Waals surface area contributed by atoms with Crippen molar-refractivity contribution >= 4 is 33.3 Å². The maximum atomic E-state index is 14.7. The van der Waals surface area contributed by atoms with E-state index in [0.717, 1.165) is 11.1 Å². The smallest absolute Gasteiger partial charge is 0.254 e. The highest BCUT2D eigenvalue weighted by atomic mass is 35.5. The predicted octanol–water partition coefficient (Wildman–Crippen LogP) is 2.92. The molecule has 3 aliphatic rings. The third-order valence-corrected chi connectivity index (χ3v) is 10.8. The Balaban J connectivity index is 1.35. The van der Waals surface area contributed by atoms with Crippen LogP contribution in [0.5, 0.6) is 0 Å². The van der Waals surface area contributed by atoms with Crippen molar-refractivity contribution in [3.63, 3.8) is 0 Å². The minimum atomic E-state index is -3.44. The summed E-state index contributed by atoms with van der Waals surface area (Å²) in [6, 6.07) is 15.6. The highest BCUT2D eigenvalue weighted by Gasteiger charge is 2.65. The van der Waals surface area contributed by atoms with Crippen LogP contribution in [-0.4, -0.2) is 75.6 Å². The maximum Gasteiger partial charge on any atom is 0.254 e. The van der Waals surface area contributed by atoms with E-state index in [2.05, 4.69) is 21.4 Å². The Bertz CT molecular complexity index is 1670. The average molecular weight is 631 g/mol. The van der Waals surface area contributed by atoms with Gasteiger partial charge in [0.2, 0.25) is 10.0 Å². The zero-order valence-electron chi connectivity index (χ0n) is 23.8. The highest BCUT2D eigenvalue weighted by Crippen LogP contribution is 2.52. The summed E-state index contributed by atoms with van der Waals surface area (Å²) in [6.07, 6.45) is 9.25. The lowest BCUT2D eigenvalue weighted by Gasteiger charge is -2.28. The zero-order valence-corrected chi connectivity index (χ0v) is 25.4. The van der Waals surface area contributed by atoms with Gasteiger partial charge in [-0.15, -0.1) is 11.6 Å². The van der Waals surface area contributed by atoms with Crippen molar-refractivity contribution in [2.75, 3.05) is 24.7 Å². The fraction of sp³-hybridized carbons (Fsp3) is 0.344. The fourth-order valence-electron chi connectivity index (χ4n) is 6.45. The lowest BCUT2D eigenvalue weighted by atomic mass is 9.85. The van der Waals surface area contributed by atoms with Gasteiger partial charge in [-0.25, -0.2) is 12.7 Å². The van der Waals surface area contributed by atoms with Crippen LogP contribution < -0.4 is 5.32 Å². The quantitative estimate of drug-likeness (QED) is 0.194. The summed E-state index contributed by atoms with van der Waals surface area (Å²) in [7, 11) is -3.44. The minimum absolute atomic E-state index is 0.00394. The number of amides is 1. The van der Waals surface area contributed by atoms with E-state index in [-0.39, 0.29) is 41.2 Å². The van der Waals surface area contributed by atoms with Crippen molar-refractivity contribution in [3.8, 4) is 6.07 Å². The molecule has 10 nitrogen and oxygen atoms in total. The number of nitrogens with zero attached hydrogens (tertiary/aromatic N) is 5. The van der Waals surface area contributed by atoms with Crippen LogP contribution in [0.2, 0.25) is 0 Å². The molecule has 2 saturated heterocycles. The molecule has 1 amide bonds. The van der Waals surface area contributed by atoms with Crippen LogP contribution in [0.3, 0.4) is 0 Å². The number of hydrogen-bond acceptors (Lipinski definition) is 8. The summed E-state index contributed by atoms with van der Waals surface area (Å²) in [5.41, 5.74) is 1.53. The van der Waals surface area contributed by atoms with Gasteiger partial charge >= 0.3 is 0 Å². The SMILES string of the molecule is N#Cc1ccc(C(=O)/C=C2\NC(Cc3ccncc3)(Cc3ccncc3)C(=O)N2C2[C@H]3CN(S(=O)(=O)CCCCl)C[C@@H]23)cc1. The van der Waals surface area contributed by atoms with Crippen LogP contribution in [0.15, 0.2) is 85.2 Å². The first-order valence-electron chi connectivity index (χ1n) is 14.4. The van der Waals surface area contributed by atoms with Gasteiger partial charge in [-0.1, -0.05) is 0 Å². The number of pyridine rings is 2. The van der Waals surface area contributed by atoms with Crippen LogP contribution in [0, 0.1) is 23.2 Å². The summed E-state index contributed by atoms with van der Waals surface area (Å²) in [5.74, 6) is 0.0967. The van der Waals surface area contributed by atoms with Crippen molar-refractivity contribution in [3.05, 3.63) is 107 Å². The Morgan fingerprint density at radius 3 is 2.09 bits per heavy atom. The van der Waals surface area contributed by atoms with Crippen molar-refractivity contribution in [2.45, 2.75) is 30.8 Å². The van der Waals surface area contributed by atoms with E-state index in [1.165, 1.54) is 10.4 Å². The first kappa shape index (κ1) is 29.9. The number of nitrogens with one attached hydrogen (secondary N) is 1. The molecule has 1 unspecified atom stereocenters. The first-order chi connectivity index (χ1) is 21.2. The van der Waals surface area contributed by atoms with Crippen molar-refractivity contribution in [1.82, 2.24) is 24.5 Å². The van der Waals surface area contributed by atoms with Crippen LogP contribution in [0.25, 0.3) is 0 Å². The van der Waals surface area contributed by atoms with E-state index in [0.29, 0.717) is 49.3 Å². The second-order valence-corrected chi connectivity index (χ2v) is 14.0. The topological polar surface area (TPSA) is 136 Å². The summed E-state index contributed by atoms with van der Waals surface area (Å²) in [5, 5.41) is 12.6. The zero-order chi connectivity index (χ0) is 30.9. The molecule has 3 atom stereocenters. The van der Waals surface area contributed by atoms with E-state index >= 15 is 0 Å². The lowest BCUT2D eigenvalue weighted by molar-refractivity contribution is -0.132. The maximum absolute atomic E-state index is 14.7. The molecular weight excluding hydrogens is 600 g/mol. The molecular formula is C32H31ClN6O4S. The highest BCUT2D eigenvalue weighted by molar-refractivity contribution is 7.89. The number of benzene rings is 1. The molecule has 12 heteroatoms. The van der Waals surface area contributed by atoms with Gasteiger partial charge in [0.05, 0.1) is 17.4 Å². The molecule has 6 rings (SSSR count). The van der Waals surface area contributed by atoms with Crippen LogP contribution in [0.4, 0.5) is 0 Å². The first-order valence-corrected chi connectivity index (χ1v) is 16.6. The summed E-state index contributed by atoms with van der Waals surface area (Å²) >= 11 is 5.75. The van der Waals surface area contributed by atoms with Crippen molar-refractivity contribution < 1.29 is 18.0 Å². The van der Waals surface area contributed by atoms with E-state index in [1.807, 2.05) is 24.3 Å². The number of piperidine rings is 1. The Hall–Kier alpha value is -4.11. The third-order valence-electron chi connectivity index (χ3n) is 8.67. The van der Waals surface area contributed by atoms with Gasteiger partial charge in [-0.3, -0.25) is 24.5 Å². The molecule has 1 aliphatic carbocycles. The van der Waals surface area contributed by atoms with Crippen molar-refractivity contribution in [2.24, 2.45) is 11.8 Å². The number of aromatic nitrogens is 2. The van der Waals surface area contributed by atoms with E-state index in [1.54, 1.807) is 54.0 Å². The third kappa shape index (κ3) is 5.85. The molecule has 0 spiro atoms. The summed E-state index contributed by atoms with van der Waals surface area (Å²) in [4.78, 5) is 38.1. The number of fused-ring (bicyclic) bond motifs is 1. The standard InChI is InChI=1S/C32H31ClN6O4S/c33-10-1-15-44(42,43)38-20-26-27(21-38)30(26)39-29(16-28(40)25-4-2-24(19-34)3-5-25)37-32(31(39)41,17-22-6-11-35-12-7-22)18-23-8-13-36-14-9-23/h2-9,11-14,16,26-27,30,37H,1,10,15,17-18,20-21H2/b29-16+/t26-,27+,30?. The number of halogens is 1. The van der Waals surface area contributed by atoms with Gasteiger partial charge in [0, 0.05) is 86.1 Å². The average Bonchev–Trinajstić information content (AvgIpc) is 3.36. The number of ketones is 1. The molecule has 1 saturated carbocycles. The van der Waals surface area contributed by atoms with E-state index in [4.69, 9.17) is 16.9 Å². The second kappa shape index (κ2) is 12.1. The lowest BCUT2D eigenvalue weighted by Crippen LogP contribution is -2.51. The number of hydrogen-bond donors (Lipinski definition) is 1. The molecule has 0 bridgehead atoms. The summed E-state index contributed by atoms with van der Waals surface area (Å²) < 4.78 is 27.2. The largest absolute Gasteiger partial charge is 0.357 e. The number of alkyl halides is 1. The van der Waals surface area contributed by atoms with Gasteiger partial charge in [0.1, 0.15) is 11.4 Å². The number of carbonyl (C=O) groups excluding carboxylic acids is 2. The number of sulfonamides is 1. The molecule has 226 valence electrons. The molecule has 3 aromatic rings. The van der Waals surface area contributed by atoms with Gasteiger partial charge < -0.3 is 5.32 Å². The van der Waals surface area contributed by atoms with Gasteiger partial charge in [-0.05, 0) is 66.1 Å². The van der Waals surface area contributed by atoms with Crippen LogP contribution >= 0.6 is 11.6 Å². The molecule has 3 fully saturated rings. The van der Waals surface area contributed by atoms with Gasteiger partial charge in [-0.2, -0.15) is 5.26 Å². The van der Waals surface area contributed by atoms with Gasteiger partial charge in [0.15, 0.2) is 5.78 Å². The van der Waals surface area contributed by atoms with Crippen LogP contribution in [-0.2, 0) is 27.7 Å². The van der Waals surface area contributed by atoms with E-state index in [9.17, 15) is 18.0 Å². The number of carbonyl (C=O) groups is 2. The minimum Gasteiger partial charge on any atom is -0.357 e. The normalized spacial score (nSPS) is 23.3. The molecule has 44 heavy (non-hydrogen) atoms. The molecule has 2 aliphatic heterocycles. The van der Waals surface area contributed by atoms with Crippen molar-refractivity contribution in [1.29, 1.82) is 5.26 Å². The Morgan fingerprint density at radius 1 is 1.00 bits per heavy atom. The Labute approximate surface area is 261 Å². The second-order valence-electron chi connectivity index (χ2n) is 11.5. The Morgan fingerprint density at radius 2 is 1.57 bits per heavy atom. The fourth-order valence-corrected chi connectivity index (χ4v) is 8.31. The molecule has 4 heterocycles. The van der Waals surface area contributed by atoms with Crippen LogP contribution in [0.1, 0.15) is 33.5 Å². The summed E-state index contributed by atoms with van der Waals surface area (Å²) in [6.45, 7) is 0.643. The van der Waals surface area contributed by atoms with Gasteiger partial charge in [0.25, 0.3) is 5.91 Å². The Kier molecular flexibility index (Phi) is 8.24.